The summed E-state index contributed by atoms with van der Waals surface area (Å²) in [5.74, 6) is 1.96. The van der Waals surface area contributed by atoms with Crippen LogP contribution in [0.2, 0.25) is 0 Å². The molecule has 0 radical (unpaired) electrons. The topological polar surface area (TPSA) is 169 Å². The van der Waals surface area contributed by atoms with E-state index in [0.29, 0.717) is 55.5 Å². The number of anilines is 3. The summed E-state index contributed by atoms with van der Waals surface area (Å²) >= 11 is 0. The molecule has 0 spiro atoms. The minimum atomic E-state index is -0.0949. The summed E-state index contributed by atoms with van der Waals surface area (Å²) in [5, 5.41) is 32.8. The van der Waals surface area contributed by atoms with Crippen LogP contribution < -0.4 is 16.0 Å². The van der Waals surface area contributed by atoms with E-state index in [1.807, 2.05) is 19.9 Å². The highest BCUT2D eigenvalue weighted by atomic mass is 16.5. The molecule has 0 saturated carbocycles. The number of rotatable bonds is 16. The van der Waals surface area contributed by atoms with E-state index in [9.17, 15) is 5.26 Å². The number of azo groups is 1. The molecule has 0 amide bonds. The fraction of sp³-hybridized carbons (Fsp3) is 0.480. The van der Waals surface area contributed by atoms with Crippen LogP contribution in [0.3, 0.4) is 0 Å². The van der Waals surface area contributed by atoms with E-state index in [1.54, 1.807) is 45.9 Å². The molecule has 208 valence electrons. The summed E-state index contributed by atoms with van der Waals surface area (Å²) < 4.78 is 17.2. The Kier molecular flexibility index (Phi) is 11.5. The van der Waals surface area contributed by atoms with Crippen molar-refractivity contribution in [2.24, 2.45) is 10.2 Å². The molecule has 0 bridgehead atoms. The third kappa shape index (κ3) is 8.67. The Morgan fingerprint density at radius 1 is 1.00 bits per heavy atom. The molecule has 2 unspecified atom stereocenters. The second kappa shape index (κ2) is 15.3. The normalized spacial score (nSPS) is 12.7. The molecule has 0 saturated heterocycles. The van der Waals surface area contributed by atoms with Gasteiger partial charge in [-0.3, -0.25) is 0 Å². The zero-order valence-corrected chi connectivity index (χ0v) is 22.9. The van der Waals surface area contributed by atoms with Gasteiger partial charge >= 0.3 is 0 Å². The van der Waals surface area contributed by atoms with Crippen molar-refractivity contribution in [1.82, 2.24) is 24.7 Å². The van der Waals surface area contributed by atoms with Crippen molar-refractivity contribution in [2.75, 3.05) is 63.6 Å². The highest BCUT2D eigenvalue weighted by molar-refractivity contribution is 5.75. The Balaban J connectivity index is 2.04. The zero-order chi connectivity index (χ0) is 28.0. The molecule has 0 aliphatic heterocycles. The van der Waals surface area contributed by atoms with Crippen LogP contribution in [0.15, 0.2) is 40.8 Å². The van der Waals surface area contributed by atoms with Gasteiger partial charge in [0.05, 0.1) is 19.4 Å². The average molecular weight is 538 g/mol. The van der Waals surface area contributed by atoms with Gasteiger partial charge < -0.3 is 30.2 Å². The van der Waals surface area contributed by atoms with Gasteiger partial charge in [-0.25, -0.2) is 9.67 Å². The molecule has 3 aromatic heterocycles. The Bertz CT molecular complexity index is 1240. The van der Waals surface area contributed by atoms with Crippen molar-refractivity contribution < 1.29 is 14.2 Å². The highest BCUT2D eigenvalue weighted by Gasteiger charge is 2.19. The highest BCUT2D eigenvalue weighted by Crippen LogP contribution is 2.34. The minimum absolute atomic E-state index is 0.0400. The molecule has 3 heterocycles. The van der Waals surface area contributed by atoms with Crippen molar-refractivity contribution in [2.45, 2.75) is 32.4 Å². The van der Waals surface area contributed by atoms with Crippen LogP contribution in [0.25, 0.3) is 5.82 Å². The van der Waals surface area contributed by atoms with Gasteiger partial charge in [0.2, 0.25) is 11.8 Å². The Morgan fingerprint density at radius 2 is 1.74 bits per heavy atom. The molecule has 3 rings (SSSR count). The molecule has 0 aliphatic rings. The minimum Gasteiger partial charge on any atom is -0.385 e. The second-order valence-corrected chi connectivity index (χ2v) is 8.68. The number of nitrogens with one attached hydrogen (secondary N) is 3. The molecule has 14 nitrogen and oxygen atoms in total. The Morgan fingerprint density at radius 3 is 2.41 bits per heavy atom. The van der Waals surface area contributed by atoms with Gasteiger partial charge in [0.15, 0.2) is 23.1 Å². The van der Waals surface area contributed by atoms with Crippen LogP contribution in [0.5, 0.6) is 0 Å². The molecule has 0 aliphatic carbocycles. The maximum atomic E-state index is 9.67. The summed E-state index contributed by atoms with van der Waals surface area (Å²) in [7, 11) is 4.91. The van der Waals surface area contributed by atoms with Gasteiger partial charge in [-0.1, -0.05) is 6.07 Å². The summed E-state index contributed by atoms with van der Waals surface area (Å²) in [6.07, 6.45) is 3.95. The van der Waals surface area contributed by atoms with Crippen LogP contribution in [0.1, 0.15) is 25.8 Å². The number of nitriles is 1. The number of nitrogens with zero attached hydrogens (tertiary/aromatic N) is 8. The zero-order valence-electron chi connectivity index (χ0n) is 22.9. The van der Waals surface area contributed by atoms with Crippen LogP contribution in [-0.2, 0) is 14.2 Å². The number of methoxy groups -OCH3 is 3. The largest absolute Gasteiger partial charge is 0.385 e. The van der Waals surface area contributed by atoms with Crippen molar-refractivity contribution in [1.29, 1.82) is 5.26 Å². The summed E-state index contributed by atoms with van der Waals surface area (Å²) in [4.78, 5) is 13.6. The number of ether oxygens (including phenoxy) is 3. The van der Waals surface area contributed by atoms with Crippen LogP contribution in [0.4, 0.5) is 29.1 Å². The molecule has 14 heteroatoms. The lowest BCUT2D eigenvalue weighted by Gasteiger charge is -2.19. The summed E-state index contributed by atoms with van der Waals surface area (Å²) in [6.45, 7) is 5.99. The van der Waals surface area contributed by atoms with E-state index >= 15 is 0 Å². The van der Waals surface area contributed by atoms with E-state index in [-0.39, 0.29) is 23.5 Å². The van der Waals surface area contributed by atoms with Gasteiger partial charge in [-0.05, 0) is 32.4 Å². The van der Waals surface area contributed by atoms with Crippen LogP contribution in [-0.4, -0.2) is 84.5 Å². The summed E-state index contributed by atoms with van der Waals surface area (Å²) in [5.41, 5.74) is 0.602. The van der Waals surface area contributed by atoms with Crippen molar-refractivity contribution in [3.8, 4) is 11.9 Å². The van der Waals surface area contributed by atoms with Gasteiger partial charge in [0.1, 0.15) is 11.6 Å². The lowest BCUT2D eigenvalue weighted by atomic mass is 10.3. The number of hydrogen-bond donors (Lipinski definition) is 3. The summed E-state index contributed by atoms with van der Waals surface area (Å²) in [6, 6.07) is 7.39. The van der Waals surface area contributed by atoms with Gasteiger partial charge in [-0.2, -0.15) is 15.2 Å². The lowest BCUT2D eigenvalue weighted by Crippen LogP contribution is -2.25. The lowest BCUT2D eigenvalue weighted by molar-refractivity contribution is 0.190. The standard InChI is InChI=1S/C25H35N11O3/c1-17(15-38-4)29-24-21(23(28-11-8-12-37-3)31-25(32-24)30-18(2)16-39-5)33-34-22-19(13-26)14-36(35-22)20-9-6-7-10-27-20/h6-7,9-10,14,17-18H,8,11-12,15-16H2,1-5H3,(H3,28,29,30,31,32). The van der Waals surface area contributed by atoms with E-state index in [1.165, 1.54) is 4.68 Å². The van der Waals surface area contributed by atoms with E-state index in [4.69, 9.17) is 14.2 Å². The predicted octanol–water partition coefficient (Wildman–Crippen LogP) is 3.69. The monoisotopic (exact) mass is 537 g/mol. The van der Waals surface area contributed by atoms with Gasteiger partial charge in [-0.15, -0.1) is 15.3 Å². The first-order chi connectivity index (χ1) is 19.0. The second-order valence-electron chi connectivity index (χ2n) is 8.68. The number of aromatic nitrogens is 5. The fourth-order valence-corrected chi connectivity index (χ4v) is 3.52. The molecule has 3 N–H and O–H groups in total. The first-order valence-electron chi connectivity index (χ1n) is 12.5. The van der Waals surface area contributed by atoms with Crippen molar-refractivity contribution in [3.05, 3.63) is 36.2 Å². The van der Waals surface area contributed by atoms with Crippen LogP contribution >= 0.6 is 0 Å². The van der Waals surface area contributed by atoms with E-state index < -0.39 is 0 Å². The fourth-order valence-electron chi connectivity index (χ4n) is 3.52. The van der Waals surface area contributed by atoms with Gasteiger partial charge in [0.25, 0.3) is 0 Å². The quantitative estimate of drug-likeness (QED) is 0.180. The van der Waals surface area contributed by atoms with E-state index in [0.717, 1.165) is 6.42 Å². The third-order valence-electron chi connectivity index (χ3n) is 5.24. The van der Waals surface area contributed by atoms with Crippen molar-refractivity contribution in [3.63, 3.8) is 0 Å². The molecule has 0 fully saturated rings. The first kappa shape index (κ1) is 29.4. The number of hydrogen-bond acceptors (Lipinski definition) is 13. The smallest absolute Gasteiger partial charge is 0.227 e. The molecular weight excluding hydrogens is 502 g/mol. The Hall–Kier alpha value is -4.19. The molecule has 2 atom stereocenters. The first-order valence-corrected chi connectivity index (χ1v) is 12.5. The van der Waals surface area contributed by atoms with Crippen LogP contribution in [0, 0.1) is 11.3 Å². The maximum Gasteiger partial charge on any atom is 0.227 e. The van der Waals surface area contributed by atoms with Gasteiger partial charge in [0, 0.05) is 52.8 Å². The maximum absolute atomic E-state index is 9.67. The molecule has 3 aromatic rings. The average Bonchev–Trinajstić information content (AvgIpc) is 3.34. The SMILES string of the molecule is COCCCNc1nc(NC(C)COC)nc(NC(C)COC)c1N=Nc1nn(-c2ccccn2)cc1C#N. The Labute approximate surface area is 227 Å². The number of pyridine rings is 1. The van der Waals surface area contributed by atoms with E-state index in [2.05, 4.69) is 52.3 Å². The van der Waals surface area contributed by atoms with Crippen molar-refractivity contribution >= 4 is 29.1 Å². The molecule has 0 aromatic carbocycles. The molecule has 39 heavy (non-hydrogen) atoms. The predicted molar refractivity (Wildman–Crippen MR) is 147 cm³/mol. The third-order valence-corrected chi connectivity index (χ3v) is 5.24. The molecular formula is C25H35N11O3.